The standard InChI is InChI=1S/C19H26O2/c1-12(20)21-19-11-10-17-16-7-6-13-4-2-3-5-14(13)15(16)8-9-18(17)19/h4,16-19H,2-3,5-11H2,1H3. The maximum absolute atomic E-state index is 11.3. The second-order valence-corrected chi connectivity index (χ2v) is 7.36. The van der Waals surface area contributed by atoms with Crippen LogP contribution < -0.4 is 0 Å². The van der Waals surface area contributed by atoms with E-state index in [-0.39, 0.29) is 12.1 Å². The number of esters is 1. The zero-order chi connectivity index (χ0) is 14.4. The molecule has 0 radical (unpaired) electrons. The molecular formula is C19H26O2. The van der Waals surface area contributed by atoms with Crippen molar-refractivity contribution in [1.82, 2.24) is 0 Å². The molecule has 0 aromatic carbocycles. The highest BCUT2D eigenvalue weighted by Crippen LogP contribution is 2.54. The van der Waals surface area contributed by atoms with Crippen molar-refractivity contribution in [3.63, 3.8) is 0 Å². The van der Waals surface area contributed by atoms with Gasteiger partial charge in [-0.1, -0.05) is 11.6 Å². The maximum Gasteiger partial charge on any atom is 0.302 e. The van der Waals surface area contributed by atoms with Gasteiger partial charge in [0.15, 0.2) is 0 Å². The Morgan fingerprint density at radius 1 is 1.10 bits per heavy atom. The van der Waals surface area contributed by atoms with Gasteiger partial charge in [-0.2, -0.15) is 0 Å². The minimum absolute atomic E-state index is 0.0917. The van der Waals surface area contributed by atoms with E-state index < -0.39 is 0 Å². The Morgan fingerprint density at radius 3 is 2.86 bits per heavy atom. The number of allylic oxidation sites excluding steroid dienone is 4. The second-order valence-electron chi connectivity index (χ2n) is 7.36. The number of hydrogen-bond acceptors (Lipinski definition) is 2. The lowest BCUT2D eigenvalue weighted by Crippen LogP contribution is -2.35. The van der Waals surface area contributed by atoms with Crippen LogP contribution in [0.3, 0.4) is 0 Å². The van der Waals surface area contributed by atoms with Crippen LogP contribution in [0.5, 0.6) is 0 Å². The van der Waals surface area contributed by atoms with Crippen molar-refractivity contribution in [3.05, 3.63) is 22.8 Å². The van der Waals surface area contributed by atoms with Crippen LogP contribution in [0.1, 0.15) is 64.7 Å². The van der Waals surface area contributed by atoms with E-state index >= 15 is 0 Å². The first-order valence-electron chi connectivity index (χ1n) is 8.82. The van der Waals surface area contributed by atoms with E-state index in [1.165, 1.54) is 51.4 Å². The van der Waals surface area contributed by atoms with Gasteiger partial charge in [0.1, 0.15) is 6.10 Å². The van der Waals surface area contributed by atoms with E-state index in [1.807, 2.05) is 0 Å². The van der Waals surface area contributed by atoms with E-state index in [1.54, 1.807) is 23.6 Å². The molecule has 4 aliphatic rings. The molecule has 21 heavy (non-hydrogen) atoms. The Morgan fingerprint density at radius 2 is 2.00 bits per heavy atom. The molecule has 0 spiro atoms. The van der Waals surface area contributed by atoms with Crippen molar-refractivity contribution >= 4 is 5.97 Å². The van der Waals surface area contributed by atoms with Crippen molar-refractivity contribution in [2.75, 3.05) is 0 Å². The predicted molar refractivity (Wildman–Crippen MR) is 82.7 cm³/mol. The minimum Gasteiger partial charge on any atom is -0.462 e. The van der Waals surface area contributed by atoms with Crippen molar-refractivity contribution < 1.29 is 9.53 Å². The first-order chi connectivity index (χ1) is 10.2. The van der Waals surface area contributed by atoms with Gasteiger partial charge < -0.3 is 4.74 Å². The van der Waals surface area contributed by atoms with Crippen LogP contribution in [-0.4, -0.2) is 12.1 Å². The molecule has 0 heterocycles. The lowest BCUT2D eigenvalue weighted by atomic mass is 9.63. The van der Waals surface area contributed by atoms with Crippen LogP contribution in [-0.2, 0) is 9.53 Å². The molecule has 0 aromatic rings. The lowest BCUT2D eigenvalue weighted by molar-refractivity contribution is -0.148. The van der Waals surface area contributed by atoms with Gasteiger partial charge in [-0.15, -0.1) is 0 Å². The quantitative estimate of drug-likeness (QED) is 0.661. The summed E-state index contributed by atoms with van der Waals surface area (Å²) in [6, 6.07) is 0. The highest BCUT2D eigenvalue weighted by atomic mass is 16.5. The third kappa shape index (κ3) is 2.27. The average molecular weight is 286 g/mol. The molecule has 2 saturated carbocycles. The Kier molecular flexibility index (Phi) is 3.43. The summed E-state index contributed by atoms with van der Waals surface area (Å²) in [7, 11) is 0. The van der Waals surface area contributed by atoms with Gasteiger partial charge in [0.2, 0.25) is 0 Å². The maximum atomic E-state index is 11.3. The van der Waals surface area contributed by atoms with Gasteiger partial charge >= 0.3 is 5.97 Å². The molecule has 0 aliphatic heterocycles. The highest BCUT2D eigenvalue weighted by molar-refractivity contribution is 5.66. The molecule has 0 N–H and O–H groups in total. The summed E-state index contributed by atoms with van der Waals surface area (Å²) < 4.78 is 5.60. The first kappa shape index (κ1) is 13.6. The number of ether oxygens (including phenoxy) is 1. The third-order valence-corrected chi connectivity index (χ3v) is 6.36. The van der Waals surface area contributed by atoms with E-state index in [2.05, 4.69) is 6.08 Å². The second kappa shape index (κ2) is 5.30. The topological polar surface area (TPSA) is 26.3 Å². The molecule has 0 bridgehead atoms. The van der Waals surface area contributed by atoms with Gasteiger partial charge in [-0.05, 0) is 86.7 Å². The summed E-state index contributed by atoms with van der Waals surface area (Å²) in [6.45, 7) is 1.56. The summed E-state index contributed by atoms with van der Waals surface area (Å²) in [6.07, 6.45) is 14.2. The van der Waals surface area contributed by atoms with Crippen molar-refractivity contribution in [2.45, 2.75) is 70.8 Å². The molecule has 4 rings (SSSR count). The Labute approximate surface area is 127 Å². The summed E-state index contributed by atoms with van der Waals surface area (Å²) >= 11 is 0. The Hall–Kier alpha value is -1.05. The summed E-state index contributed by atoms with van der Waals surface area (Å²) in [5.74, 6) is 2.13. The van der Waals surface area contributed by atoms with Gasteiger partial charge in [0.05, 0.1) is 0 Å². The Balaban J connectivity index is 1.60. The smallest absolute Gasteiger partial charge is 0.302 e. The molecular weight excluding hydrogens is 260 g/mol. The van der Waals surface area contributed by atoms with Crippen LogP contribution in [0.25, 0.3) is 0 Å². The summed E-state index contributed by atoms with van der Waals surface area (Å²) in [4.78, 5) is 11.3. The molecule has 0 saturated heterocycles. The van der Waals surface area contributed by atoms with Crippen LogP contribution in [0.4, 0.5) is 0 Å². The van der Waals surface area contributed by atoms with Crippen molar-refractivity contribution in [2.24, 2.45) is 17.8 Å². The van der Waals surface area contributed by atoms with Crippen LogP contribution in [0, 0.1) is 17.8 Å². The molecule has 114 valence electrons. The van der Waals surface area contributed by atoms with E-state index in [9.17, 15) is 4.79 Å². The molecule has 2 fully saturated rings. The molecule has 0 aromatic heterocycles. The van der Waals surface area contributed by atoms with Gasteiger partial charge in [0.25, 0.3) is 0 Å². The fraction of sp³-hybridized carbons (Fsp3) is 0.737. The monoisotopic (exact) mass is 286 g/mol. The normalized spacial score (nSPS) is 38.2. The van der Waals surface area contributed by atoms with Gasteiger partial charge in [0, 0.05) is 6.92 Å². The molecule has 4 atom stereocenters. The zero-order valence-corrected chi connectivity index (χ0v) is 13.1. The number of rotatable bonds is 1. The number of fused-ring (bicyclic) bond motifs is 4. The zero-order valence-electron chi connectivity index (χ0n) is 13.1. The van der Waals surface area contributed by atoms with Crippen LogP contribution in [0.2, 0.25) is 0 Å². The summed E-state index contributed by atoms with van der Waals surface area (Å²) in [5.41, 5.74) is 5.23. The number of hydrogen-bond donors (Lipinski definition) is 0. The fourth-order valence-corrected chi connectivity index (χ4v) is 5.62. The molecule has 0 amide bonds. The van der Waals surface area contributed by atoms with Crippen LogP contribution >= 0.6 is 0 Å². The minimum atomic E-state index is -0.0917. The molecule has 2 nitrogen and oxygen atoms in total. The van der Waals surface area contributed by atoms with Crippen molar-refractivity contribution in [3.8, 4) is 0 Å². The molecule has 4 aliphatic carbocycles. The van der Waals surface area contributed by atoms with E-state index in [0.29, 0.717) is 5.92 Å². The molecule has 4 unspecified atom stereocenters. The third-order valence-electron chi connectivity index (χ3n) is 6.36. The number of carbonyl (C=O) groups excluding carboxylic acids is 1. The SMILES string of the molecule is CC(=O)OC1CCC2C3CCC4=CCCCC4=C3CCC12. The highest BCUT2D eigenvalue weighted by Gasteiger charge is 2.47. The largest absolute Gasteiger partial charge is 0.462 e. The average Bonchev–Trinajstić information content (AvgIpc) is 2.89. The van der Waals surface area contributed by atoms with E-state index in [4.69, 9.17) is 4.74 Å². The number of carbonyl (C=O) groups is 1. The Bertz CT molecular complexity index is 514. The van der Waals surface area contributed by atoms with Gasteiger partial charge in [-0.25, -0.2) is 0 Å². The molecule has 2 heteroatoms. The van der Waals surface area contributed by atoms with E-state index in [0.717, 1.165) is 18.3 Å². The van der Waals surface area contributed by atoms with Gasteiger partial charge in [-0.3, -0.25) is 4.79 Å². The first-order valence-corrected chi connectivity index (χ1v) is 8.82. The van der Waals surface area contributed by atoms with Crippen molar-refractivity contribution in [1.29, 1.82) is 0 Å². The predicted octanol–water partition coefficient (Wildman–Crippen LogP) is 4.56. The van der Waals surface area contributed by atoms with Crippen LogP contribution in [0.15, 0.2) is 22.8 Å². The fourth-order valence-electron chi connectivity index (χ4n) is 5.62. The summed E-state index contributed by atoms with van der Waals surface area (Å²) in [5, 5.41) is 0. The lowest BCUT2D eigenvalue weighted by Gasteiger charge is -2.43.